The number of fused-ring (bicyclic) bond motifs is 1. The Morgan fingerprint density at radius 1 is 1.43 bits per heavy atom. The molecule has 1 unspecified atom stereocenters. The van der Waals surface area contributed by atoms with Gasteiger partial charge in [-0.25, -0.2) is 13.1 Å². The first-order chi connectivity index (χ1) is 6.49. The molecule has 14 heavy (non-hydrogen) atoms. The smallest absolute Gasteiger partial charge is 0.208 e. The van der Waals surface area contributed by atoms with Gasteiger partial charge >= 0.3 is 0 Å². The first kappa shape index (κ1) is 9.68. The van der Waals surface area contributed by atoms with Gasteiger partial charge in [0.1, 0.15) is 0 Å². The molecule has 1 aliphatic heterocycles. The zero-order chi connectivity index (χ0) is 10.3. The number of sulfonamides is 1. The van der Waals surface area contributed by atoms with E-state index in [2.05, 4.69) is 4.72 Å². The molecule has 1 atom stereocenters. The second-order valence-corrected chi connectivity index (χ2v) is 5.52. The van der Waals surface area contributed by atoms with E-state index in [4.69, 9.17) is 0 Å². The molecular weight excluding hydrogens is 198 g/mol. The van der Waals surface area contributed by atoms with Gasteiger partial charge in [0.05, 0.1) is 4.90 Å². The molecule has 0 aliphatic carbocycles. The molecule has 0 amide bonds. The SMILES string of the molecule is Cc1ccc2c(c1)CC(C)NS2(=O)=O. The summed E-state index contributed by atoms with van der Waals surface area (Å²) < 4.78 is 26.0. The Labute approximate surface area is 84.2 Å². The van der Waals surface area contributed by atoms with Crippen molar-refractivity contribution in [1.29, 1.82) is 0 Å². The van der Waals surface area contributed by atoms with Gasteiger partial charge in [-0.3, -0.25) is 0 Å². The van der Waals surface area contributed by atoms with Crippen molar-refractivity contribution in [1.82, 2.24) is 4.72 Å². The van der Waals surface area contributed by atoms with E-state index in [9.17, 15) is 8.42 Å². The fraction of sp³-hybridized carbons (Fsp3) is 0.400. The van der Waals surface area contributed by atoms with Crippen molar-refractivity contribution >= 4 is 10.0 Å². The zero-order valence-corrected chi connectivity index (χ0v) is 9.06. The standard InChI is InChI=1S/C10H13NO2S/c1-7-3-4-10-9(5-7)6-8(2)11-14(10,12)13/h3-5,8,11H,6H2,1-2H3. The third-order valence-electron chi connectivity index (χ3n) is 2.39. The maximum Gasteiger partial charge on any atom is 0.241 e. The minimum Gasteiger partial charge on any atom is -0.208 e. The number of benzene rings is 1. The Hall–Kier alpha value is -0.870. The third-order valence-corrected chi connectivity index (χ3v) is 4.08. The van der Waals surface area contributed by atoms with Gasteiger partial charge in [0, 0.05) is 6.04 Å². The molecule has 0 saturated heterocycles. The van der Waals surface area contributed by atoms with E-state index < -0.39 is 10.0 Å². The van der Waals surface area contributed by atoms with E-state index in [0.717, 1.165) is 17.5 Å². The molecule has 76 valence electrons. The van der Waals surface area contributed by atoms with Crippen LogP contribution in [0.4, 0.5) is 0 Å². The van der Waals surface area contributed by atoms with Crippen LogP contribution in [-0.2, 0) is 16.4 Å². The molecule has 1 N–H and O–H groups in total. The van der Waals surface area contributed by atoms with Crippen molar-refractivity contribution in [3.8, 4) is 0 Å². The number of nitrogens with one attached hydrogen (secondary N) is 1. The van der Waals surface area contributed by atoms with Gasteiger partial charge < -0.3 is 0 Å². The van der Waals surface area contributed by atoms with Crippen LogP contribution >= 0.6 is 0 Å². The molecule has 2 rings (SSSR count). The van der Waals surface area contributed by atoms with Crippen LogP contribution in [0.25, 0.3) is 0 Å². The lowest BCUT2D eigenvalue weighted by molar-refractivity contribution is 0.543. The molecule has 0 saturated carbocycles. The first-order valence-corrected chi connectivity index (χ1v) is 6.09. The molecule has 1 aliphatic rings. The van der Waals surface area contributed by atoms with E-state index in [1.54, 1.807) is 6.07 Å². The largest absolute Gasteiger partial charge is 0.241 e. The second kappa shape index (κ2) is 3.07. The van der Waals surface area contributed by atoms with Gasteiger partial charge in [-0.1, -0.05) is 17.7 Å². The average molecular weight is 211 g/mol. The second-order valence-electron chi connectivity index (χ2n) is 3.84. The predicted octanol–water partition coefficient (Wildman–Crippen LogP) is 1.22. The summed E-state index contributed by atoms with van der Waals surface area (Å²) in [7, 11) is -3.26. The maximum absolute atomic E-state index is 11.7. The molecule has 1 heterocycles. The zero-order valence-electron chi connectivity index (χ0n) is 8.24. The van der Waals surface area contributed by atoms with Crippen LogP contribution in [0.15, 0.2) is 23.1 Å². The minimum absolute atomic E-state index is 0.00528. The minimum atomic E-state index is -3.26. The molecule has 0 spiro atoms. The van der Waals surface area contributed by atoms with Crippen LogP contribution in [0.5, 0.6) is 0 Å². The summed E-state index contributed by atoms with van der Waals surface area (Å²) in [4.78, 5) is 0.432. The highest BCUT2D eigenvalue weighted by molar-refractivity contribution is 7.89. The monoisotopic (exact) mass is 211 g/mol. The van der Waals surface area contributed by atoms with Crippen molar-refractivity contribution in [2.45, 2.75) is 31.2 Å². The lowest BCUT2D eigenvalue weighted by atomic mass is 10.1. The summed E-state index contributed by atoms with van der Waals surface area (Å²) in [5, 5.41) is 0. The van der Waals surface area contributed by atoms with Gasteiger partial charge in [-0.15, -0.1) is 0 Å². The molecular formula is C10H13NO2S. The van der Waals surface area contributed by atoms with Crippen molar-refractivity contribution in [2.24, 2.45) is 0 Å². The van der Waals surface area contributed by atoms with E-state index in [1.165, 1.54) is 0 Å². The quantitative estimate of drug-likeness (QED) is 0.701. The number of aryl methyl sites for hydroxylation is 1. The highest BCUT2D eigenvalue weighted by atomic mass is 32.2. The summed E-state index contributed by atoms with van der Waals surface area (Å²) in [6.07, 6.45) is 0.774. The molecule has 0 fully saturated rings. The summed E-state index contributed by atoms with van der Waals surface area (Å²) >= 11 is 0. The molecule has 4 heteroatoms. The van der Waals surface area contributed by atoms with Crippen LogP contribution in [-0.4, -0.2) is 14.5 Å². The summed E-state index contributed by atoms with van der Waals surface area (Å²) in [6, 6.07) is 5.45. The third kappa shape index (κ3) is 1.55. The number of rotatable bonds is 0. The van der Waals surface area contributed by atoms with Crippen LogP contribution in [0.3, 0.4) is 0 Å². The highest BCUT2D eigenvalue weighted by Gasteiger charge is 2.26. The van der Waals surface area contributed by atoms with E-state index in [-0.39, 0.29) is 6.04 Å². The normalized spacial score (nSPS) is 24.3. The van der Waals surface area contributed by atoms with Gasteiger partial charge in [-0.05, 0) is 31.9 Å². The summed E-state index contributed by atoms with van der Waals surface area (Å²) in [5.74, 6) is 0. The van der Waals surface area contributed by atoms with Crippen LogP contribution < -0.4 is 4.72 Å². The van der Waals surface area contributed by atoms with Crippen molar-refractivity contribution < 1.29 is 8.42 Å². The van der Waals surface area contributed by atoms with Crippen molar-refractivity contribution in [3.63, 3.8) is 0 Å². The number of hydrogen-bond donors (Lipinski definition) is 1. The lowest BCUT2D eigenvalue weighted by Gasteiger charge is -2.23. The van der Waals surface area contributed by atoms with E-state index >= 15 is 0 Å². The van der Waals surface area contributed by atoms with Gasteiger partial charge in [-0.2, -0.15) is 0 Å². The Morgan fingerprint density at radius 2 is 2.14 bits per heavy atom. The van der Waals surface area contributed by atoms with Gasteiger partial charge in [0.25, 0.3) is 0 Å². The molecule has 0 bridgehead atoms. The fourth-order valence-electron chi connectivity index (χ4n) is 1.83. The predicted molar refractivity (Wildman–Crippen MR) is 54.7 cm³/mol. The summed E-state index contributed by atoms with van der Waals surface area (Å²) in [6.45, 7) is 3.85. The van der Waals surface area contributed by atoms with E-state index in [0.29, 0.717) is 4.90 Å². The maximum atomic E-state index is 11.7. The van der Waals surface area contributed by atoms with Crippen LogP contribution in [0.1, 0.15) is 18.1 Å². The van der Waals surface area contributed by atoms with Crippen molar-refractivity contribution in [2.75, 3.05) is 0 Å². The average Bonchev–Trinajstić information content (AvgIpc) is 2.00. The Balaban J connectivity index is 2.64. The Bertz CT molecular complexity index is 465. The molecule has 0 radical (unpaired) electrons. The first-order valence-electron chi connectivity index (χ1n) is 4.61. The van der Waals surface area contributed by atoms with Crippen LogP contribution in [0.2, 0.25) is 0 Å². The molecule has 1 aromatic carbocycles. The topological polar surface area (TPSA) is 46.2 Å². The van der Waals surface area contributed by atoms with Crippen molar-refractivity contribution in [3.05, 3.63) is 29.3 Å². The van der Waals surface area contributed by atoms with Crippen LogP contribution in [0, 0.1) is 6.92 Å². The highest BCUT2D eigenvalue weighted by Crippen LogP contribution is 2.23. The van der Waals surface area contributed by atoms with E-state index in [1.807, 2.05) is 26.0 Å². The van der Waals surface area contributed by atoms with Gasteiger partial charge in [0.15, 0.2) is 0 Å². The molecule has 3 nitrogen and oxygen atoms in total. The molecule has 0 aromatic heterocycles. The number of hydrogen-bond acceptors (Lipinski definition) is 2. The fourth-order valence-corrected chi connectivity index (χ4v) is 3.30. The summed E-state index contributed by atoms with van der Waals surface area (Å²) in [5.41, 5.74) is 2.03. The Kier molecular flexibility index (Phi) is 2.12. The molecule has 1 aromatic rings. The lowest BCUT2D eigenvalue weighted by Crippen LogP contribution is -2.39. The van der Waals surface area contributed by atoms with Gasteiger partial charge in [0.2, 0.25) is 10.0 Å². The Morgan fingerprint density at radius 3 is 2.86 bits per heavy atom.